The summed E-state index contributed by atoms with van der Waals surface area (Å²) in [7, 11) is 0. The summed E-state index contributed by atoms with van der Waals surface area (Å²) < 4.78 is 0. The Morgan fingerprint density at radius 2 is 1.73 bits per heavy atom. The number of nitrogens with one attached hydrogen (secondary N) is 1. The molecule has 0 rings (SSSR count). The van der Waals surface area contributed by atoms with Crippen molar-refractivity contribution in [3.63, 3.8) is 0 Å². The van der Waals surface area contributed by atoms with Crippen LogP contribution >= 0.6 is 0 Å². The molecule has 0 aromatic rings. The van der Waals surface area contributed by atoms with E-state index >= 15 is 0 Å². The van der Waals surface area contributed by atoms with Crippen LogP contribution in [0.25, 0.3) is 0 Å². The molecule has 0 heterocycles. The van der Waals surface area contributed by atoms with E-state index in [2.05, 4.69) is 44.1 Å². The van der Waals surface area contributed by atoms with Gasteiger partial charge in [-0.05, 0) is 6.42 Å². The van der Waals surface area contributed by atoms with Crippen LogP contribution in [0.3, 0.4) is 0 Å². The van der Waals surface area contributed by atoms with Crippen molar-refractivity contribution in [2.75, 3.05) is 19.6 Å². The van der Waals surface area contributed by atoms with Crippen LogP contribution in [-0.4, -0.2) is 36.6 Å². The first-order valence-corrected chi connectivity index (χ1v) is 5.84. The largest absolute Gasteiger partial charge is 0.313 e. The van der Waals surface area contributed by atoms with Crippen LogP contribution in [0.5, 0.6) is 0 Å². The van der Waals surface area contributed by atoms with Crippen LogP contribution in [0.4, 0.5) is 0 Å². The number of nitrogens with zero attached hydrogens (tertiary/aromatic N) is 1. The average molecular weight is 210 g/mol. The van der Waals surface area contributed by atoms with Gasteiger partial charge in [0, 0.05) is 31.7 Å². The normalized spacial score (nSPS) is 13.1. The second kappa shape index (κ2) is 8.69. The van der Waals surface area contributed by atoms with Crippen LogP contribution in [0, 0.1) is 0 Å². The summed E-state index contributed by atoms with van der Waals surface area (Å²) in [5, 5.41) is 3.48. The summed E-state index contributed by atoms with van der Waals surface area (Å²) in [5.41, 5.74) is 0. The van der Waals surface area contributed by atoms with Crippen molar-refractivity contribution in [2.45, 2.75) is 39.3 Å². The van der Waals surface area contributed by atoms with Crippen LogP contribution in [0.15, 0.2) is 25.3 Å². The highest BCUT2D eigenvalue weighted by Crippen LogP contribution is 2.04. The molecule has 0 aliphatic heterocycles. The topological polar surface area (TPSA) is 15.3 Å². The lowest BCUT2D eigenvalue weighted by atomic mass is 10.1. The minimum atomic E-state index is 0.549. The molecule has 0 fully saturated rings. The van der Waals surface area contributed by atoms with Gasteiger partial charge < -0.3 is 5.32 Å². The Labute approximate surface area is 95.0 Å². The first kappa shape index (κ1) is 14.4. The minimum absolute atomic E-state index is 0.549. The molecule has 0 aliphatic rings. The highest BCUT2D eigenvalue weighted by Gasteiger charge is 2.13. The Morgan fingerprint density at radius 3 is 2.07 bits per heavy atom. The average Bonchev–Trinajstić information content (AvgIpc) is 2.19. The summed E-state index contributed by atoms with van der Waals surface area (Å²) in [4.78, 5) is 2.40. The van der Waals surface area contributed by atoms with Crippen molar-refractivity contribution in [3.8, 4) is 0 Å². The molecule has 0 saturated carbocycles. The molecule has 88 valence electrons. The third-order valence-corrected chi connectivity index (χ3v) is 2.48. The van der Waals surface area contributed by atoms with Gasteiger partial charge >= 0.3 is 0 Å². The predicted molar refractivity (Wildman–Crippen MR) is 69.2 cm³/mol. The van der Waals surface area contributed by atoms with E-state index in [1.807, 2.05) is 12.2 Å². The summed E-state index contributed by atoms with van der Waals surface area (Å²) in [6.07, 6.45) is 5.07. The maximum Gasteiger partial charge on any atom is 0.0224 e. The van der Waals surface area contributed by atoms with E-state index in [9.17, 15) is 0 Å². The molecule has 15 heavy (non-hydrogen) atoms. The molecule has 2 nitrogen and oxygen atoms in total. The van der Waals surface area contributed by atoms with Crippen molar-refractivity contribution >= 4 is 0 Å². The van der Waals surface area contributed by atoms with Gasteiger partial charge in [0.2, 0.25) is 0 Å². The standard InChI is InChI=1S/C13H26N2/c1-6-9-15(10-7-2)13(8-3)11-14-12(4)5/h6-7,12-14H,1-2,8-11H2,3-5H3. The molecule has 0 aromatic carbocycles. The Balaban J connectivity index is 4.16. The van der Waals surface area contributed by atoms with Gasteiger partial charge in [0.15, 0.2) is 0 Å². The third-order valence-electron chi connectivity index (χ3n) is 2.48. The van der Waals surface area contributed by atoms with E-state index in [0.717, 1.165) is 26.1 Å². The molecular weight excluding hydrogens is 184 g/mol. The lowest BCUT2D eigenvalue weighted by Crippen LogP contribution is -2.43. The van der Waals surface area contributed by atoms with Crippen LogP contribution in [-0.2, 0) is 0 Å². The van der Waals surface area contributed by atoms with Gasteiger partial charge in [0.1, 0.15) is 0 Å². The Kier molecular flexibility index (Phi) is 8.34. The van der Waals surface area contributed by atoms with Crippen molar-refractivity contribution in [2.24, 2.45) is 0 Å². The Bertz CT molecular complexity index is 165. The summed E-state index contributed by atoms with van der Waals surface area (Å²) in [6.45, 7) is 17.1. The summed E-state index contributed by atoms with van der Waals surface area (Å²) in [6, 6.07) is 1.12. The summed E-state index contributed by atoms with van der Waals surface area (Å²) >= 11 is 0. The van der Waals surface area contributed by atoms with Gasteiger partial charge in [-0.1, -0.05) is 32.9 Å². The fourth-order valence-electron chi connectivity index (χ4n) is 1.61. The lowest BCUT2D eigenvalue weighted by molar-refractivity contribution is 0.224. The molecule has 0 aliphatic carbocycles. The second-order valence-corrected chi connectivity index (χ2v) is 4.16. The highest BCUT2D eigenvalue weighted by molar-refractivity contribution is 4.85. The van der Waals surface area contributed by atoms with Gasteiger partial charge in [0.25, 0.3) is 0 Å². The fourth-order valence-corrected chi connectivity index (χ4v) is 1.61. The van der Waals surface area contributed by atoms with Crippen LogP contribution in [0.1, 0.15) is 27.2 Å². The number of hydrogen-bond donors (Lipinski definition) is 1. The van der Waals surface area contributed by atoms with E-state index in [1.165, 1.54) is 0 Å². The Hall–Kier alpha value is -0.600. The van der Waals surface area contributed by atoms with Gasteiger partial charge in [-0.2, -0.15) is 0 Å². The fraction of sp³-hybridized carbons (Fsp3) is 0.692. The first-order valence-electron chi connectivity index (χ1n) is 5.84. The summed E-state index contributed by atoms with van der Waals surface area (Å²) in [5.74, 6) is 0. The molecule has 1 N–H and O–H groups in total. The zero-order valence-corrected chi connectivity index (χ0v) is 10.5. The molecule has 2 heteroatoms. The van der Waals surface area contributed by atoms with Gasteiger partial charge in [-0.15, -0.1) is 13.2 Å². The SMILES string of the molecule is C=CCN(CC=C)C(CC)CNC(C)C. The third kappa shape index (κ3) is 6.47. The molecule has 0 spiro atoms. The molecule has 0 saturated heterocycles. The van der Waals surface area contributed by atoms with Gasteiger partial charge in [0.05, 0.1) is 0 Å². The smallest absolute Gasteiger partial charge is 0.0224 e. The number of hydrogen-bond acceptors (Lipinski definition) is 2. The monoisotopic (exact) mass is 210 g/mol. The van der Waals surface area contributed by atoms with E-state index in [0.29, 0.717) is 12.1 Å². The molecule has 1 atom stereocenters. The number of rotatable bonds is 9. The maximum absolute atomic E-state index is 3.80. The molecule has 0 aromatic heterocycles. The predicted octanol–water partition coefficient (Wildman–Crippen LogP) is 2.44. The molecule has 0 radical (unpaired) electrons. The van der Waals surface area contributed by atoms with Crippen LogP contribution in [0.2, 0.25) is 0 Å². The van der Waals surface area contributed by atoms with E-state index < -0.39 is 0 Å². The molecule has 0 bridgehead atoms. The lowest BCUT2D eigenvalue weighted by Gasteiger charge is -2.30. The minimum Gasteiger partial charge on any atom is -0.313 e. The van der Waals surface area contributed by atoms with Crippen LogP contribution < -0.4 is 5.32 Å². The maximum atomic E-state index is 3.80. The molecule has 1 unspecified atom stereocenters. The van der Waals surface area contributed by atoms with Gasteiger partial charge in [-0.3, -0.25) is 4.90 Å². The van der Waals surface area contributed by atoms with Crippen molar-refractivity contribution in [1.82, 2.24) is 10.2 Å². The zero-order valence-electron chi connectivity index (χ0n) is 10.5. The van der Waals surface area contributed by atoms with Crippen molar-refractivity contribution in [3.05, 3.63) is 25.3 Å². The van der Waals surface area contributed by atoms with Gasteiger partial charge in [-0.25, -0.2) is 0 Å². The van der Waals surface area contributed by atoms with E-state index in [1.54, 1.807) is 0 Å². The molecule has 0 amide bonds. The first-order chi connectivity index (χ1) is 7.15. The van der Waals surface area contributed by atoms with E-state index in [4.69, 9.17) is 0 Å². The zero-order chi connectivity index (χ0) is 11.7. The van der Waals surface area contributed by atoms with E-state index in [-0.39, 0.29) is 0 Å². The molecular formula is C13H26N2. The second-order valence-electron chi connectivity index (χ2n) is 4.16. The Morgan fingerprint density at radius 1 is 1.20 bits per heavy atom. The van der Waals surface area contributed by atoms with Crippen molar-refractivity contribution in [1.29, 1.82) is 0 Å². The quantitative estimate of drug-likeness (QED) is 0.588. The highest BCUT2D eigenvalue weighted by atomic mass is 15.2. The van der Waals surface area contributed by atoms with Crippen molar-refractivity contribution < 1.29 is 0 Å².